The van der Waals surface area contributed by atoms with Gasteiger partial charge in [-0.1, -0.05) is 0 Å². The molecule has 146 valence electrons. The molecule has 2 aromatic rings. The van der Waals surface area contributed by atoms with E-state index in [1.54, 1.807) is 0 Å². The Morgan fingerprint density at radius 2 is 2.00 bits per heavy atom. The number of halogens is 2. The van der Waals surface area contributed by atoms with Crippen molar-refractivity contribution in [2.24, 2.45) is 5.73 Å². The smallest absolute Gasteiger partial charge is 0.276 e. The van der Waals surface area contributed by atoms with Gasteiger partial charge in [-0.3, -0.25) is 14.7 Å². The van der Waals surface area contributed by atoms with Crippen LogP contribution in [0.3, 0.4) is 0 Å². The molecule has 0 aliphatic carbocycles. The van der Waals surface area contributed by atoms with E-state index in [-0.39, 0.29) is 33.6 Å². The molecule has 2 amide bonds. The Balaban J connectivity index is 1.88. The van der Waals surface area contributed by atoms with Gasteiger partial charge in [-0.25, -0.2) is 17.2 Å². The van der Waals surface area contributed by atoms with Gasteiger partial charge in [0.1, 0.15) is 14.9 Å². The van der Waals surface area contributed by atoms with Gasteiger partial charge in [-0.2, -0.15) is 9.40 Å². The number of alkyl halides is 2. The maximum Gasteiger partial charge on any atom is 0.276 e. The second-order valence-electron chi connectivity index (χ2n) is 5.85. The van der Waals surface area contributed by atoms with Crippen LogP contribution >= 0.6 is 11.3 Å². The van der Waals surface area contributed by atoms with Crippen LogP contribution in [0.4, 0.5) is 13.8 Å². The number of thiophene rings is 1. The molecule has 1 saturated heterocycles. The van der Waals surface area contributed by atoms with Crippen molar-refractivity contribution in [1.29, 1.82) is 0 Å². The van der Waals surface area contributed by atoms with Crippen LogP contribution in [0.5, 0.6) is 0 Å². The number of nitrogens with two attached hydrogens (primary N) is 1. The van der Waals surface area contributed by atoms with Crippen molar-refractivity contribution in [3.8, 4) is 0 Å². The van der Waals surface area contributed by atoms with Crippen molar-refractivity contribution < 1.29 is 26.8 Å². The highest BCUT2D eigenvalue weighted by atomic mass is 32.2. The summed E-state index contributed by atoms with van der Waals surface area (Å²) >= 11 is 0.626. The summed E-state index contributed by atoms with van der Waals surface area (Å²) in [6, 6.07) is 2.42. The van der Waals surface area contributed by atoms with E-state index in [4.69, 9.17) is 5.73 Å². The largest absolute Gasteiger partial charge is 0.366 e. The van der Waals surface area contributed by atoms with Crippen molar-refractivity contribution in [2.45, 2.75) is 23.0 Å². The molecule has 3 heterocycles. The highest BCUT2D eigenvalue weighted by Crippen LogP contribution is 2.36. The molecule has 3 rings (SSSR count). The third kappa shape index (κ3) is 3.99. The first-order valence-corrected chi connectivity index (χ1v) is 9.98. The van der Waals surface area contributed by atoms with Crippen LogP contribution in [-0.4, -0.2) is 53.7 Å². The lowest BCUT2D eigenvalue weighted by atomic mass is 10.1. The van der Waals surface area contributed by atoms with Gasteiger partial charge >= 0.3 is 0 Å². The van der Waals surface area contributed by atoms with E-state index in [9.17, 15) is 26.8 Å². The van der Waals surface area contributed by atoms with Gasteiger partial charge < -0.3 is 11.1 Å². The van der Waals surface area contributed by atoms with E-state index in [1.165, 1.54) is 12.3 Å². The molecule has 0 radical (unpaired) electrons. The lowest BCUT2D eigenvalue weighted by Crippen LogP contribution is -2.42. The summed E-state index contributed by atoms with van der Waals surface area (Å²) in [5.41, 5.74) is 5.11. The van der Waals surface area contributed by atoms with E-state index < -0.39 is 40.6 Å². The van der Waals surface area contributed by atoms with Crippen LogP contribution in [-0.2, 0) is 10.0 Å². The zero-order valence-electron chi connectivity index (χ0n) is 13.7. The Labute approximate surface area is 156 Å². The summed E-state index contributed by atoms with van der Waals surface area (Å²) in [6.45, 7) is -0.678. The molecule has 1 aliphatic heterocycles. The van der Waals surface area contributed by atoms with E-state index in [1.807, 2.05) is 0 Å². The summed E-state index contributed by atoms with van der Waals surface area (Å²) in [7, 11) is -4.10. The fraction of sp³-hybridized carbons (Fsp3) is 0.357. The molecule has 1 aliphatic rings. The fourth-order valence-corrected chi connectivity index (χ4v) is 5.47. The number of nitrogens with zero attached hydrogens (tertiary/aromatic N) is 2. The highest BCUT2D eigenvalue weighted by Gasteiger charge is 2.39. The number of aromatic nitrogens is 2. The molecule has 13 heteroatoms. The van der Waals surface area contributed by atoms with Crippen molar-refractivity contribution in [2.75, 3.05) is 18.4 Å². The number of hydrogen-bond acceptors (Lipinski definition) is 6. The minimum Gasteiger partial charge on any atom is -0.366 e. The predicted molar refractivity (Wildman–Crippen MR) is 92.3 cm³/mol. The molecule has 0 bridgehead atoms. The van der Waals surface area contributed by atoms with Crippen LogP contribution in [0.15, 0.2) is 22.5 Å². The maximum atomic E-state index is 13.3. The highest BCUT2D eigenvalue weighted by molar-refractivity contribution is 7.91. The van der Waals surface area contributed by atoms with Gasteiger partial charge in [0.2, 0.25) is 0 Å². The third-order valence-electron chi connectivity index (χ3n) is 3.98. The van der Waals surface area contributed by atoms with Crippen LogP contribution in [0.25, 0.3) is 0 Å². The van der Waals surface area contributed by atoms with Crippen LogP contribution < -0.4 is 11.1 Å². The quantitative estimate of drug-likeness (QED) is 0.669. The van der Waals surface area contributed by atoms with E-state index in [0.29, 0.717) is 11.3 Å². The lowest BCUT2D eigenvalue weighted by Gasteiger charge is -2.30. The van der Waals surface area contributed by atoms with Gasteiger partial charge in [-0.15, -0.1) is 11.3 Å². The van der Waals surface area contributed by atoms with Gasteiger partial charge in [0, 0.05) is 32.1 Å². The number of H-pyrrole nitrogens is 1. The summed E-state index contributed by atoms with van der Waals surface area (Å²) < 4.78 is 52.7. The van der Waals surface area contributed by atoms with E-state index >= 15 is 0 Å². The Kier molecular flexibility index (Phi) is 5.01. The number of aromatic amines is 1. The van der Waals surface area contributed by atoms with Gasteiger partial charge in [0.25, 0.3) is 27.8 Å². The summed E-state index contributed by atoms with van der Waals surface area (Å²) in [6.07, 6.45) is 0.256. The first-order valence-electron chi connectivity index (χ1n) is 7.73. The Morgan fingerprint density at radius 1 is 1.33 bits per heavy atom. The van der Waals surface area contributed by atoms with Crippen LogP contribution in [0.2, 0.25) is 0 Å². The van der Waals surface area contributed by atoms with Gasteiger partial charge in [0.15, 0.2) is 0 Å². The molecule has 0 unspecified atom stereocenters. The third-order valence-corrected chi connectivity index (χ3v) is 7.38. The van der Waals surface area contributed by atoms with Crippen molar-refractivity contribution in [1.82, 2.24) is 14.5 Å². The fourth-order valence-electron chi connectivity index (χ4n) is 2.51. The molecule has 1 fully saturated rings. The number of piperidine rings is 1. The minimum absolute atomic E-state index is 0.0292. The molecular formula is C14H15F2N5O4S2. The van der Waals surface area contributed by atoms with Gasteiger partial charge in [0.05, 0.1) is 5.56 Å². The standard InChI is InChI=1S/C14H15F2N5O4S2/c15-14(16)2-5-21(6-3-14)27(24,25)10-7-8(11(17)22)13(26-10)19-12(23)9-1-4-18-20-9/h1,4,7H,2-3,5-6H2,(H2,17,22)(H,18,20)(H,19,23). The average molecular weight is 419 g/mol. The molecule has 0 saturated carbocycles. The summed E-state index contributed by atoms with van der Waals surface area (Å²) in [5, 5.41) is 8.47. The number of rotatable bonds is 5. The first-order chi connectivity index (χ1) is 12.6. The van der Waals surface area contributed by atoms with Crippen molar-refractivity contribution in [3.05, 3.63) is 29.6 Å². The first kappa shape index (κ1) is 19.4. The SMILES string of the molecule is NC(=O)c1cc(S(=O)(=O)N2CCC(F)(F)CC2)sc1NC(=O)c1cc[nH]n1. The molecule has 2 aromatic heterocycles. The van der Waals surface area contributed by atoms with Crippen LogP contribution in [0, 0.1) is 0 Å². The Bertz CT molecular complexity index is 962. The number of amides is 2. The summed E-state index contributed by atoms with van der Waals surface area (Å²) in [4.78, 5) is 23.7. The number of primary amides is 1. The zero-order valence-corrected chi connectivity index (χ0v) is 15.4. The summed E-state index contributed by atoms with van der Waals surface area (Å²) in [5.74, 6) is -4.50. The lowest BCUT2D eigenvalue weighted by molar-refractivity contribution is -0.0411. The second kappa shape index (κ2) is 6.98. The Morgan fingerprint density at radius 3 is 2.56 bits per heavy atom. The average Bonchev–Trinajstić information content (AvgIpc) is 3.24. The molecule has 0 aromatic carbocycles. The molecule has 0 spiro atoms. The molecule has 4 N–H and O–H groups in total. The van der Waals surface area contributed by atoms with Crippen molar-refractivity contribution >= 4 is 38.2 Å². The molecule has 27 heavy (non-hydrogen) atoms. The van der Waals surface area contributed by atoms with Gasteiger partial charge in [-0.05, 0) is 12.1 Å². The number of hydrogen-bond donors (Lipinski definition) is 3. The number of carbonyl (C=O) groups excluding carboxylic acids is 2. The Hall–Kier alpha value is -2.38. The number of anilines is 1. The second-order valence-corrected chi connectivity index (χ2v) is 9.06. The van der Waals surface area contributed by atoms with Crippen molar-refractivity contribution in [3.63, 3.8) is 0 Å². The predicted octanol–water partition coefficient (Wildman–Crippen LogP) is 1.24. The van der Waals surface area contributed by atoms with E-state index in [2.05, 4.69) is 15.5 Å². The van der Waals surface area contributed by atoms with E-state index in [0.717, 1.165) is 10.4 Å². The topological polar surface area (TPSA) is 138 Å². The molecular weight excluding hydrogens is 404 g/mol. The monoisotopic (exact) mass is 419 g/mol. The number of nitrogens with one attached hydrogen (secondary N) is 2. The van der Waals surface area contributed by atoms with Crippen LogP contribution in [0.1, 0.15) is 33.7 Å². The number of carbonyl (C=O) groups is 2. The maximum absolute atomic E-state index is 13.3. The molecule has 0 atom stereocenters. The molecule has 9 nitrogen and oxygen atoms in total. The number of sulfonamides is 1. The minimum atomic E-state index is -4.10. The normalized spacial score (nSPS) is 17.6. The zero-order chi connectivity index (χ0) is 19.8.